The fraction of sp³-hybridized carbons (Fsp3) is 0. The maximum atomic E-state index is 6.78. The predicted molar refractivity (Wildman–Crippen MR) is 236 cm³/mol. The molecule has 0 atom stereocenters. The van der Waals surface area contributed by atoms with E-state index in [0.29, 0.717) is 17.5 Å². The molecule has 4 aromatic heterocycles. The molecule has 0 aliphatic heterocycles. The summed E-state index contributed by atoms with van der Waals surface area (Å²) in [5, 5.41) is 7.05. The number of para-hydroxylation sites is 3. The monoisotopic (exact) mass is 746 g/mol. The lowest BCUT2D eigenvalue weighted by molar-refractivity contribution is 0.670. The van der Waals surface area contributed by atoms with Crippen LogP contribution in [0.2, 0.25) is 0 Å². The predicted octanol–water partition coefficient (Wildman–Crippen LogP) is 13.9. The van der Waals surface area contributed by atoms with Gasteiger partial charge in [0.1, 0.15) is 11.2 Å². The fourth-order valence-corrected chi connectivity index (χ4v) is 9.58. The van der Waals surface area contributed by atoms with Crippen LogP contribution in [0.15, 0.2) is 186 Å². The van der Waals surface area contributed by atoms with Gasteiger partial charge < -0.3 is 8.98 Å². The average Bonchev–Trinajstić information content (AvgIpc) is 3.96. The molecule has 4 heterocycles. The van der Waals surface area contributed by atoms with Gasteiger partial charge in [-0.3, -0.25) is 0 Å². The molecule has 0 saturated heterocycles. The molecule has 0 spiro atoms. The third-order valence-electron chi connectivity index (χ3n) is 11.1. The van der Waals surface area contributed by atoms with Crippen molar-refractivity contribution in [2.45, 2.75) is 0 Å². The zero-order chi connectivity index (χ0) is 37.5. The highest BCUT2D eigenvalue weighted by Crippen LogP contribution is 2.45. The smallest absolute Gasteiger partial charge is 0.164 e. The van der Waals surface area contributed by atoms with Crippen molar-refractivity contribution < 1.29 is 4.42 Å². The number of thiophene rings is 1. The lowest BCUT2D eigenvalue weighted by Crippen LogP contribution is -2.00. The van der Waals surface area contributed by atoms with E-state index < -0.39 is 0 Å². The lowest BCUT2D eigenvalue weighted by Gasteiger charge is -2.09. The Bertz CT molecular complexity index is 3420. The third-order valence-corrected chi connectivity index (χ3v) is 12.2. The van der Waals surface area contributed by atoms with Gasteiger partial charge in [-0.25, -0.2) is 15.0 Å². The van der Waals surface area contributed by atoms with Crippen LogP contribution < -0.4 is 0 Å². The van der Waals surface area contributed by atoms with Crippen LogP contribution in [-0.4, -0.2) is 19.5 Å². The summed E-state index contributed by atoms with van der Waals surface area (Å²) in [6.45, 7) is 0. The number of nitrogens with zero attached hydrogens (tertiary/aromatic N) is 4. The van der Waals surface area contributed by atoms with Crippen LogP contribution in [0, 0.1) is 0 Å². The van der Waals surface area contributed by atoms with Gasteiger partial charge in [0, 0.05) is 69.7 Å². The van der Waals surface area contributed by atoms with Crippen molar-refractivity contribution in [1.29, 1.82) is 0 Å². The zero-order valence-corrected chi connectivity index (χ0v) is 31.2. The molecule has 5 nitrogen and oxygen atoms in total. The number of hydrogen-bond donors (Lipinski definition) is 0. The van der Waals surface area contributed by atoms with Crippen LogP contribution in [0.5, 0.6) is 0 Å². The van der Waals surface area contributed by atoms with Gasteiger partial charge in [0.05, 0.1) is 11.0 Å². The summed E-state index contributed by atoms with van der Waals surface area (Å²) >= 11 is 1.83. The molecule has 0 fully saturated rings. The Morgan fingerprint density at radius 3 is 1.70 bits per heavy atom. The normalized spacial score (nSPS) is 11.9. The first kappa shape index (κ1) is 31.9. The summed E-state index contributed by atoms with van der Waals surface area (Å²) in [6, 6.07) is 63.8. The summed E-state index contributed by atoms with van der Waals surface area (Å²) < 4.78 is 11.7. The van der Waals surface area contributed by atoms with Gasteiger partial charge in [-0.1, -0.05) is 127 Å². The van der Waals surface area contributed by atoms with Crippen molar-refractivity contribution in [3.8, 4) is 51.0 Å². The summed E-state index contributed by atoms with van der Waals surface area (Å²) in [5.74, 6) is 1.89. The van der Waals surface area contributed by atoms with Gasteiger partial charge >= 0.3 is 0 Å². The van der Waals surface area contributed by atoms with Crippen LogP contribution >= 0.6 is 11.3 Å². The van der Waals surface area contributed by atoms with Crippen molar-refractivity contribution in [3.05, 3.63) is 182 Å². The molecule has 0 aliphatic rings. The fourth-order valence-electron chi connectivity index (χ4n) is 8.47. The first-order chi connectivity index (χ1) is 28.2. The average molecular weight is 747 g/mol. The maximum absolute atomic E-state index is 6.78. The molecule has 0 radical (unpaired) electrons. The number of furan rings is 1. The van der Waals surface area contributed by atoms with Gasteiger partial charge in [0.2, 0.25) is 0 Å². The summed E-state index contributed by atoms with van der Waals surface area (Å²) in [7, 11) is 0. The minimum Gasteiger partial charge on any atom is -0.455 e. The number of rotatable bonds is 5. The molecule has 266 valence electrons. The van der Waals surface area contributed by atoms with Crippen LogP contribution in [0.25, 0.3) is 115 Å². The van der Waals surface area contributed by atoms with Gasteiger partial charge in [-0.2, -0.15) is 0 Å². The second-order valence-corrected chi connectivity index (χ2v) is 15.4. The van der Waals surface area contributed by atoms with Crippen LogP contribution in [0.1, 0.15) is 0 Å². The largest absolute Gasteiger partial charge is 0.455 e. The molecule has 0 N–H and O–H groups in total. The van der Waals surface area contributed by atoms with Crippen LogP contribution in [0.3, 0.4) is 0 Å². The number of hydrogen-bond acceptors (Lipinski definition) is 5. The van der Waals surface area contributed by atoms with Crippen LogP contribution in [-0.2, 0) is 0 Å². The Hall–Kier alpha value is -7.41. The SMILES string of the molecule is c1ccc(-c2nc(-c3ccccc3)nc(-c3ccc4oc5c(-c6cccc7sc8ccc(-n9c%10ccccc%10c%10ccccc%109)cc8c67)cccc5c4c3)n2)cc1. The molecule has 57 heavy (non-hydrogen) atoms. The van der Waals surface area contributed by atoms with Crippen molar-refractivity contribution in [2.75, 3.05) is 0 Å². The zero-order valence-electron chi connectivity index (χ0n) is 30.4. The van der Waals surface area contributed by atoms with E-state index in [1.54, 1.807) is 0 Å². The quantitative estimate of drug-likeness (QED) is 0.176. The van der Waals surface area contributed by atoms with Crippen molar-refractivity contribution in [2.24, 2.45) is 0 Å². The maximum Gasteiger partial charge on any atom is 0.164 e. The van der Waals surface area contributed by atoms with Gasteiger partial charge in [-0.05, 0) is 60.2 Å². The van der Waals surface area contributed by atoms with Gasteiger partial charge in [0.15, 0.2) is 17.5 Å². The van der Waals surface area contributed by atoms with E-state index in [2.05, 4.69) is 114 Å². The Kier molecular flexibility index (Phi) is 7.03. The Labute approximate surface area is 330 Å². The topological polar surface area (TPSA) is 56.7 Å². The van der Waals surface area contributed by atoms with E-state index in [4.69, 9.17) is 19.4 Å². The van der Waals surface area contributed by atoms with Gasteiger partial charge in [0.25, 0.3) is 0 Å². The molecule has 0 bridgehead atoms. The van der Waals surface area contributed by atoms with E-state index in [0.717, 1.165) is 55.4 Å². The highest BCUT2D eigenvalue weighted by Gasteiger charge is 2.20. The Morgan fingerprint density at radius 1 is 0.404 bits per heavy atom. The first-order valence-corrected chi connectivity index (χ1v) is 19.8. The van der Waals surface area contributed by atoms with Gasteiger partial charge in [-0.15, -0.1) is 11.3 Å². The Balaban J connectivity index is 1.03. The molecule has 8 aromatic carbocycles. The molecular weight excluding hydrogens is 717 g/mol. The van der Waals surface area contributed by atoms with Crippen molar-refractivity contribution in [1.82, 2.24) is 19.5 Å². The van der Waals surface area contributed by atoms with E-state index >= 15 is 0 Å². The summed E-state index contributed by atoms with van der Waals surface area (Å²) in [6.07, 6.45) is 0. The standard InChI is InChI=1S/C51H30N4OS/c1-3-13-31(14-4-1)49-52-50(32-15-5-2-6-16-32)54-51(53-49)33-25-27-44-40(29-33)39-21-11-20-38(48(39)56-44)37-19-12-24-46-47(37)41-30-34(26-28-45(41)57-46)55-42-22-9-7-17-35(42)36-18-8-10-23-43(36)55/h1-30H. The molecule has 12 rings (SSSR count). The second kappa shape index (κ2) is 12.6. The number of aromatic nitrogens is 4. The molecule has 12 aromatic rings. The molecule has 0 aliphatic carbocycles. The van der Waals surface area contributed by atoms with E-state index in [1.807, 2.05) is 84.1 Å². The number of fused-ring (bicyclic) bond motifs is 9. The minimum atomic E-state index is 0.615. The first-order valence-electron chi connectivity index (χ1n) is 19.0. The van der Waals surface area contributed by atoms with E-state index in [9.17, 15) is 0 Å². The molecule has 0 unspecified atom stereocenters. The highest BCUT2D eigenvalue weighted by molar-refractivity contribution is 7.26. The molecule has 0 saturated carbocycles. The van der Waals surface area contributed by atoms with Crippen LogP contribution in [0.4, 0.5) is 0 Å². The van der Waals surface area contributed by atoms with Crippen molar-refractivity contribution in [3.63, 3.8) is 0 Å². The summed E-state index contributed by atoms with van der Waals surface area (Å²) in [4.78, 5) is 14.9. The minimum absolute atomic E-state index is 0.615. The van der Waals surface area contributed by atoms with E-state index in [-0.39, 0.29) is 0 Å². The molecular formula is C51H30N4OS. The Morgan fingerprint density at radius 2 is 1.00 bits per heavy atom. The summed E-state index contributed by atoms with van der Waals surface area (Å²) in [5.41, 5.74) is 10.2. The highest BCUT2D eigenvalue weighted by atomic mass is 32.1. The third kappa shape index (κ3) is 5.04. The lowest BCUT2D eigenvalue weighted by atomic mass is 9.97. The van der Waals surface area contributed by atoms with Crippen molar-refractivity contribution >= 4 is 75.3 Å². The molecule has 6 heteroatoms. The second-order valence-electron chi connectivity index (χ2n) is 14.4. The number of benzene rings is 8. The molecule has 0 amide bonds. The van der Waals surface area contributed by atoms with E-state index in [1.165, 1.54) is 42.0 Å².